The van der Waals surface area contributed by atoms with E-state index >= 15 is 0 Å². The van der Waals surface area contributed by atoms with Gasteiger partial charge in [0.25, 0.3) is 0 Å². The van der Waals surface area contributed by atoms with Crippen LogP contribution in [0.4, 0.5) is 0 Å². The number of carboxylic acid groups (broad SMARTS) is 1. The van der Waals surface area contributed by atoms with Crippen LogP contribution < -0.4 is 0 Å². The Balaban J connectivity index is 2.21. The molecular weight excluding hydrogens is 321 g/mol. The van der Waals surface area contributed by atoms with Crippen molar-refractivity contribution in [1.82, 2.24) is 4.98 Å². The molecule has 1 N–H and O–H groups in total. The third kappa shape index (κ3) is 3.11. The summed E-state index contributed by atoms with van der Waals surface area (Å²) in [4.78, 5) is 14.5. The van der Waals surface area contributed by atoms with Gasteiger partial charge in [-0.25, -0.2) is 4.98 Å². The molecule has 6 heteroatoms. The highest BCUT2D eigenvalue weighted by molar-refractivity contribution is 9.10. The quantitative estimate of drug-likeness (QED) is 0.926. The first-order valence-electron chi connectivity index (χ1n) is 5.18. The topological polar surface area (TPSA) is 63.3 Å². The molecule has 18 heavy (non-hydrogen) atoms. The molecule has 0 aliphatic heterocycles. The van der Waals surface area contributed by atoms with Crippen LogP contribution in [0.15, 0.2) is 33.3 Å². The van der Waals surface area contributed by atoms with E-state index in [1.807, 2.05) is 12.1 Å². The number of hydrogen-bond donors (Lipinski definition) is 1. The number of nitrogens with zero attached hydrogens (tertiary/aromatic N) is 1. The zero-order chi connectivity index (χ0) is 13.1. The predicted octanol–water partition coefficient (Wildman–Crippen LogP) is 3.77. The SMILES string of the molecule is O=C(O)CCc1ncc(-c2ccc(Br)cc2Cl)o1. The Morgan fingerprint density at radius 2 is 2.28 bits per heavy atom. The summed E-state index contributed by atoms with van der Waals surface area (Å²) in [5.41, 5.74) is 0.731. The third-order valence-electron chi connectivity index (χ3n) is 2.30. The fraction of sp³-hybridized carbons (Fsp3) is 0.167. The normalized spacial score (nSPS) is 10.6. The minimum atomic E-state index is -0.878. The smallest absolute Gasteiger partial charge is 0.303 e. The van der Waals surface area contributed by atoms with Crippen LogP contribution in [-0.2, 0) is 11.2 Å². The minimum Gasteiger partial charge on any atom is -0.481 e. The molecule has 2 aromatic rings. The number of aliphatic carboxylic acids is 1. The van der Waals surface area contributed by atoms with Crippen molar-refractivity contribution in [2.24, 2.45) is 0 Å². The Morgan fingerprint density at radius 3 is 2.94 bits per heavy atom. The second-order valence-electron chi connectivity index (χ2n) is 3.64. The van der Waals surface area contributed by atoms with Crippen LogP contribution >= 0.6 is 27.5 Å². The Labute approximate surface area is 117 Å². The van der Waals surface area contributed by atoms with Crippen LogP contribution in [0, 0.1) is 0 Å². The number of oxazole rings is 1. The largest absolute Gasteiger partial charge is 0.481 e. The van der Waals surface area contributed by atoms with Gasteiger partial charge >= 0.3 is 5.97 Å². The number of carboxylic acids is 1. The van der Waals surface area contributed by atoms with E-state index in [4.69, 9.17) is 21.1 Å². The Morgan fingerprint density at radius 1 is 1.50 bits per heavy atom. The maximum absolute atomic E-state index is 10.4. The molecule has 0 saturated carbocycles. The van der Waals surface area contributed by atoms with Gasteiger partial charge in [-0.15, -0.1) is 0 Å². The summed E-state index contributed by atoms with van der Waals surface area (Å²) in [5, 5.41) is 9.12. The Kier molecular flexibility index (Phi) is 4.04. The molecule has 0 bridgehead atoms. The number of rotatable bonds is 4. The summed E-state index contributed by atoms with van der Waals surface area (Å²) in [6, 6.07) is 5.42. The predicted molar refractivity (Wildman–Crippen MR) is 70.6 cm³/mol. The molecule has 4 nitrogen and oxygen atoms in total. The molecule has 0 saturated heterocycles. The average molecular weight is 331 g/mol. The van der Waals surface area contributed by atoms with E-state index in [-0.39, 0.29) is 12.8 Å². The van der Waals surface area contributed by atoms with Crippen molar-refractivity contribution in [3.05, 3.63) is 39.8 Å². The molecule has 0 spiro atoms. The third-order valence-corrected chi connectivity index (χ3v) is 3.11. The molecule has 0 aliphatic rings. The lowest BCUT2D eigenvalue weighted by molar-refractivity contribution is -0.137. The lowest BCUT2D eigenvalue weighted by Gasteiger charge is -2.00. The van der Waals surface area contributed by atoms with Crippen molar-refractivity contribution in [2.75, 3.05) is 0 Å². The highest BCUT2D eigenvalue weighted by atomic mass is 79.9. The second kappa shape index (κ2) is 5.54. The number of hydrogen-bond acceptors (Lipinski definition) is 3. The van der Waals surface area contributed by atoms with Gasteiger partial charge in [0, 0.05) is 16.5 Å². The lowest BCUT2D eigenvalue weighted by Crippen LogP contribution is -1.97. The Bertz CT molecular complexity index is 582. The highest BCUT2D eigenvalue weighted by Gasteiger charge is 2.11. The molecule has 0 atom stereocenters. The van der Waals surface area contributed by atoms with Gasteiger partial charge < -0.3 is 9.52 Å². The van der Waals surface area contributed by atoms with Crippen LogP contribution in [0.3, 0.4) is 0 Å². The molecule has 1 aromatic heterocycles. The standard InChI is InChI=1S/C12H9BrClNO3/c13-7-1-2-8(9(14)5-7)10-6-15-11(18-10)3-4-12(16)17/h1-2,5-6H,3-4H2,(H,16,17). The van der Waals surface area contributed by atoms with Gasteiger partial charge in [-0.3, -0.25) is 4.79 Å². The van der Waals surface area contributed by atoms with Crippen molar-refractivity contribution >= 4 is 33.5 Å². The molecule has 0 radical (unpaired) electrons. The van der Waals surface area contributed by atoms with Gasteiger partial charge in [-0.05, 0) is 18.2 Å². The van der Waals surface area contributed by atoms with E-state index in [1.165, 1.54) is 0 Å². The summed E-state index contributed by atoms with van der Waals surface area (Å²) >= 11 is 9.41. The fourth-order valence-electron chi connectivity index (χ4n) is 1.45. The number of aryl methyl sites for hydroxylation is 1. The van der Waals surface area contributed by atoms with Gasteiger partial charge in [0.1, 0.15) is 0 Å². The van der Waals surface area contributed by atoms with Crippen LogP contribution in [0.5, 0.6) is 0 Å². The van der Waals surface area contributed by atoms with Crippen LogP contribution in [0.25, 0.3) is 11.3 Å². The number of aromatic nitrogens is 1. The fourth-order valence-corrected chi connectivity index (χ4v) is 2.22. The summed E-state index contributed by atoms with van der Waals surface area (Å²) < 4.78 is 6.34. The van der Waals surface area contributed by atoms with Crippen LogP contribution in [0.1, 0.15) is 12.3 Å². The van der Waals surface area contributed by atoms with Crippen molar-refractivity contribution in [3.63, 3.8) is 0 Å². The number of benzene rings is 1. The van der Waals surface area contributed by atoms with Crippen LogP contribution in [0.2, 0.25) is 5.02 Å². The molecule has 0 unspecified atom stereocenters. The van der Waals surface area contributed by atoms with E-state index < -0.39 is 5.97 Å². The average Bonchev–Trinajstić information content (AvgIpc) is 2.75. The molecule has 94 valence electrons. The monoisotopic (exact) mass is 329 g/mol. The van der Waals surface area contributed by atoms with E-state index in [0.717, 1.165) is 10.0 Å². The van der Waals surface area contributed by atoms with Crippen molar-refractivity contribution < 1.29 is 14.3 Å². The minimum absolute atomic E-state index is 0.00593. The van der Waals surface area contributed by atoms with E-state index in [1.54, 1.807) is 12.3 Å². The first-order chi connectivity index (χ1) is 8.56. The molecule has 1 aromatic carbocycles. The molecule has 0 aliphatic carbocycles. The van der Waals surface area contributed by atoms with Gasteiger partial charge in [0.2, 0.25) is 0 Å². The zero-order valence-electron chi connectivity index (χ0n) is 9.19. The zero-order valence-corrected chi connectivity index (χ0v) is 11.5. The van der Waals surface area contributed by atoms with Crippen molar-refractivity contribution in [2.45, 2.75) is 12.8 Å². The van der Waals surface area contributed by atoms with Crippen molar-refractivity contribution in [3.8, 4) is 11.3 Å². The van der Waals surface area contributed by atoms with Gasteiger partial charge in [0.15, 0.2) is 11.7 Å². The van der Waals surface area contributed by atoms with Gasteiger partial charge in [0.05, 0.1) is 17.6 Å². The Hall–Kier alpha value is -1.33. The van der Waals surface area contributed by atoms with Gasteiger partial charge in [-0.1, -0.05) is 27.5 Å². The molecular formula is C12H9BrClNO3. The highest BCUT2D eigenvalue weighted by Crippen LogP contribution is 2.30. The maximum atomic E-state index is 10.4. The van der Waals surface area contributed by atoms with E-state index in [0.29, 0.717) is 16.7 Å². The first-order valence-corrected chi connectivity index (χ1v) is 6.35. The summed E-state index contributed by atoms with van der Waals surface area (Å²) in [6.07, 6.45) is 1.81. The number of carbonyl (C=O) groups is 1. The lowest BCUT2D eigenvalue weighted by atomic mass is 10.2. The second-order valence-corrected chi connectivity index (χ2v) is 4.96. The maximum Gasteiger partial charge on any atom is 0.303 e. The summed E-state index contributed by atoms with van der Waals surface area (Å²) in [5.74, 6) is 0.0516. The van der Waals surface area contributed by atoms with E-state index in [9.17, 15) is 4.79 Å². The summed E-state index contributed by atoms with van der Waals surface area (Å²) in [6.45, 7) is 0. The molecule has 0 amide bonds. The molecule has 0 fully saturated rings. The molecule has 1 heterocycles. The van der Waals surface area contributed by atoms with Crippen molar-refractivity contribution in [1.29, 1.82) is 0 Å². The molecule has 2 rings (SSSR count). The van der Waals surface area contributed by atoms with Gasteiger partial charge in [-0.2, -0.15) is 0 Å². The van der Waals surface area contributed by atoms with Crippen LogP contribution in [-0.4, -0.2) is 16.1 Å². The first kappa shape index (κ1) is 13.1. The number of halogens is 2. The van der Waals surface area contributed by atoms with E-state index in [2.05, 4.69) is 20.9 Å². The summed E-state index contributed by atoms with van der Waals surface area (Å²) in [7, 11) is 0.